The third-order valence-electron chi connectivity index (χ3n) is 3.94. The predicted octanol–water partition coefficient (Wildman–Crippen LogP) is 2.79. The lowest BCUT2D eigenvalue weighted by Crippen LogP contribution is -2.34. The van der Waals surface area contributed by atoms with Crippen molar-refractivity contribution in [2.45, 2.75) is 32.7 Å². The van der Waals surface area contributed by atoms with Crippen LogP contribution in [-0.2, 0) is 0 Å². The largest absolute Gasteiger partial charge is 0.322 e. The van der Waals surface area contributed by atoms with Crippen molar-refractivity contribution in [1.29, 1.82) is 0 Å². The van der Waals surface area contributed by atoms with Crippen molar-refractivity contribution in [3.8, 4) is 0 Å². The molecule has 2 aromatic heterocycles. The highest BCUT2D eigenvalue weighted by atomic mass is 16.2. The quantitative estimate of drug-likeness (QED) is 0.891. The first-order valence-electron chi connectivity index (χ1n) is 7.16. The lowest BCUT2D eigenvalue weighted by Gasteiger charge is -2.25. The maximum absolute atomic E-state index is 12.5. The van der Waals surface area contributed by atoms with Gasteiger partial charge in [-0.2, -0.15) is 5.10 Å². The Morgan fingerprint density at radius 3 is 3.00 bits per heavy atom. The fourth-order valence-electron chi connectivity index (χ4n) is 2.99. The molecule has 0 saturated carbocycles. The minimum atomic E-state index is -0.0782. The van der Waals surface area contributed by atoms with Gasteiger partial charge in [0.25, 0.3) is 0 Å². The number of aryl methyl sites for hydroxylation is 2. The fraction of sp³-hybridized carbons (Fsp3) is 0.400. The van der Waals surface area contributed by atoms with Gasteiger partial charge in [0.15, 0.2) is 0 Å². The van der Waals surface area contributed by atoms with E-state index in [9.17, 15) is 4.79 Å². The summed E-state index contributed by atoms with van der Waals surface area (Å²) in [5.74, 6) is 0. The molecule has 0 bridgehead atoms. The van der Waals surface area contributed by atoms with Crippen LogP contribution in [0.25, 0.3) is 0 Å². The van der Waals surface area contributed by atoms with Gasteiger partial charge in [0.05, 0.1) is 23.6 Å². The number of nitrogens with one attached hydrogen (secondary N) is 2. The van der Waals surface area contributed by atoms with Crippen LogP contribution in [0.2, 0.25) is 0 Å². The van der Waals surface area contributed by atoms with Gasteiger partial charge in [-0.05, 0) is 38.8 Å². The van der Waals surface area contributed by atoms with Gasteiger partial charge in [0.2, 0.25) is 0 Å². The first kappa shape index (κ1) is 13.6. The average Bonchev–Trinajstić information content (AvgIpc) is 3.07. The number of rotatable bonds is 2. The molecule has 6 nitrogen and oxygen atoms in total. The number of aromatic amines is 1. The molecule has 2 aromatic rings. The van der Waals surface area contributed by atoms with Gasteiger partial charge in [-0.15, -0.1) is 0 Å². The SMILES string of the molecule is Cc1n[nH]c(C)c1C1CCCN1C(=O)Nc1cccnc1. The summed E-state index contributed by atoms with van der Waals surface area (Å²) in [6.07, 6.45) is 5.32. The standard InChI is InChI=1S/C15H19N5O/c1-10-14(11(2)19-18-10)13-6-4-8-20(13)15(21)17-12-5-3-7-16-9-12/h3,5,7,9,13H,4,6,8H2,1-2H3,(H,17,21)(H,18,19). The second-order valence-corrected chi connectivity index (χ2v) is 5.37. The fourth-order valence-corrected chi connectivity index (χ4v) is 2.99. The Kier molecular flexibility index (Phi) is 3.60. The third kappa shape index (κ3) is 2.61. The molecular weight excluding hydrogens is 266 g/mol. The Balaban J connectivity index is 1.80. The van der Waals surface area contributed by atoms with Crippen molar-refractivity contribution in [3.05, 3.63) is 41.5 Å². The molecular formula is C15H19N5O. The highest BCUT2D eigenvalue weighted by Gasteiger charge is 2.33. The normalized spacial score (nSPS) is 18.0. The second-order valence-electron chi connectivity index (χ2n) is 5.37. The topological polar surface area (TPSA) is 73.9 Å². The van der Waals surface area contributed by atoms with E-state index >= 15 is 0 Å². The number of amides is 2. The zero-order valence-electron chi connectivity index (χ0n) is 12.3. The van der Waals surface area contributed by atoms with Crippen molar-refractivity contribution in [1.82, 2.24) is 20.1 Å². The summed E-state index contributed by atoms with van der Waals surface area (Å²) in [6, 6.07) is 3.66. The first-order valence-corrected chi connectivity index (χ1v) is 7.16. The molecule has 1 atom stereocenters. The number of urea groups is 1. The number of hydrogen-bond acceptors (Lipinski definition) is 3. The number of hydrogen-bond donors (Lipinski definition) is 2. The monoisotopic (exact) mass is 285 g/mol. The van der Waals surface area contributed by atoms with E-state index in [1.165, 1.54) is 0 Å². The van der Waals surface area contributed by atoms with Crippen LogP contribution in [0.15, 0.2) is 24.5 Å². The predicted molar refractivity (Wildman–Crippen MR) is 80.0 cm³/mol. The second kappa shape index (κ2) is 5.55. The third-order valence-corrected chi connectivity index (χ3v) is 3.94. The number of H-pyrrole nitrogens is 1. The maximum atomic E-state index is 12.5. The van der Waals surface area contributed by atoms with E-state index in [0.29, 0.717) is 5.69 Å². The molecule has 110 valence electrons. The van der Waals surface area contributed by atoms with Crippen molar-refractivity contribution < 1.29 is 4.79 Å². The molecule has 1 fully saturated rings. The number of pyridine rings is 1. The summed E-state index contributed by atoms with van der Waals surface area (Å²) in [5.41, 5.74) is 3.87. The van der Waals surface area contributed by atoms with E-state index in [1.54, 1.807) is 18.5 Å². The molecule has 0 radical (unpaired) electrons. The lowest BCUT2D eigenvalue weighted by molar-refractivity contribution is 0.207. The molecule has 0 spiro atoms. The molecule has 3 rings (SSSR count). The zero-order valence-corrected chi connectivity index (χ0v) is 12.3. The van der Waals surface area contributed by atoms with Gasteiger partial charge < -0.3 is 10.2 Å². The smallest absolute Gasteiger partial charge is 0.317 e. The van der Waals surface area contributed by atoms with Crippen LogP contribution in [0.1, 0.15) is 35.8 Å². The number of anilines is 1. The van der Waals surface area contributed by atoms with Crippen molar-refractivity contribution in [3.63, 3.8) is 0 Å². The van der Waals surface area contributed by atoms with Gasteiger partial charge in [0, 0.05) is 24.0 Å². The molecule has 1 aliphatic rings. The van der Waals surface area contributed by atoms with Gasteiger partial charge >= 0.3 is 6.03 Å². The maximum Gasteiger partial charge on any atom is 0.322 e. The van der Waals surface area contributed by atoms with Gasteiger partial charge in [-0.3, -0.25) is 10.1 Å². The minimum absolute atomic E-state index is 0.0782. The average molecular weight is 285 g/mol. The van der Waals surface area contributed by atoms with E-state index in [2.05, 4.69) is 20.5 Å². The summed E-state index contributed by atoms with van der Waals surface area (Å²) in [4.78, 5) is 18.4. The molecule has 2 N–H and O–H groups in total. The summed E-state index contributed by atoms with van der Waals surface area (Å²) < 4.78 is 0. The Hall–Kier alpha value is -2.37. The van der Waals surface area contributed by atoms with Crippen molar-refractivity contribution in [2.24, 2.45) is 0 Å². The van der Waals surface area contributed by atoms with Crippen molar-refractivity contribution in [2.75, 3.05) is 11.9 Å². The molecule has 1 unspecified atom stereocenters. The molecule has 0 aromatic carbocycles. The molecule has 1 saturated heterocycles. The van der Waals surface area contributed by atoms with E-state index < -0.39 is 0 Å². The van der Waals surface area contributed by atoms with Gasteiger partial charge in [-0.1, -0.05) is 0 Å². The van der Waals surface area contributed by atoms with Crippen LogP contribution < -0.4 is 5.32 Å². The Morgan fingerprint density at radius 1 is 1.48 bits per heavy atom. The van der Waals surface area contributed by atoms with E-state index in [-0.39, 0.29) is 12.1 Å². The van der Waals surface area contributed by atoms with Gasteiger partial charge in [-0.25, -0.2) is 4.79 Å². The summed E-state index contributed by atoms with van der Waals surface area (Å²) in [7, 11) is 0. The number of nitrogens with zero attached hydrogens (tertiary/aromatic N) is 3. The Bertz CT molecular complexity index is 617. The Morgan fingerprint density at radius 2 is 2.33 bits per heavy atom. The summed E-state index contributed by atoms with van der Waals surface area (Å²) >= 11 is 0. The number of aromatic nitrogens is 3. The van der Waals surface area contributed by atoms with Crippen LogP contribution in [0.5, 0.6) is 0 Å². The van der Waals surface area contributed by atoms with Crippen molar-refractivity contribution >= 4 is 11.7 Å². The highest BCUT2D eigenvalue weighted by molar-refractivity contribution is 5.89. The van der Waals surface area contributed by atoms with E-state index in [0.717, 1.165) is 36.3 Å². The summed E-state index contributed by atoms with van der Waals surface area (Å²) in [5, 5.41) is 10.2. The lowest BCUT2D eigenvalue weighted by atomic mass is 10.0. The van der Waals surface area contributed by atoms with Crippen LogP contribution in [0, 0.1) is 13.8 Å². The van der Waals surface area contributed by atoms with Crippen LogP contribution in [0.4, 0.5) is 10.5 Å². The molecule has 0 aliphatic carbocycles. The van der Waals surface area contributed by atoms with Crippen LogP contribution in [-0.4, -0.2) is 32.7 Å². The summed E-state index contributed by atoms with van der Waals surface area (Å²) in [6.45, 7) is 4.75. The first-order chi connectivity index (χ1) is 10.2. The highest BCUT2D eigenvalue weighted by Crippen LogP contribution is 2.35. The number of carbonyl (C=O) groups excluding carboxylic acids is 1. The molecule has 3 heterocycles. The van der Waals surface area contributed by atoms with Crippen LogP contribution in [0.3, 0.4) is 0 Å². The molecule has 21 heavy (non-hydrogen) atoms. The molecule has 1 aliphatic heterocycles. The van der Waals surface area contributed by atoms with Gasteiger partial charge in [0.1, 0.15) is 0 Å². The van der Waals surface area contributed by atoms with E-state index in [4.69, 9.17) is 0 Å². The molecule has 2 amide bonds. The van der Waals surface area contributed by atoms with Crippen LogP contribution >= 0.6 is 0 Å². The minimum Gasteiger partial charge on any atom is -0.317 e. The Labute approximate surface area is 123 Å². The van der Waals surface area contributed by atoms with E-state index in [1.807, 2.05) is 24.8 Å². The molecule has 6 heteroatoms. The zero-order chi connectivity index (χ0) is 14.8. The number of likely N-dealkylation sites (tertiary alicyclic amines) is 1. The number of carbonyl (C=O) groups is 1.